The predicted octanol–water partition coefficient (Wildman–Crippen LogP) is 3.00. The maximum Gasteiger partial charge on any atom is 0.314 e. The van der Waals surface area contributed by atoms with Crippen molar-refractivity contribution in [3.05, 3.63) is 64.6 Å². The van der Waals surface area contributed by atoms with Gasteiger partial charge in [0.15, 0.2) is 0 Å². The third kappa shape index (κ3) is 7.70. The number of amides is 3. The van der Waals surface area contributed by atoms with E-state index in [-0.39, 0.29) is 11.9 Å². The van der Waals surface area contributed by atoms with Gasteiger partial charge in [-0.25, -0.2) is 4.79 Å². The molecule has 2 rings (SSSR count). The average Bonchev–Trinajstić information content (AvgIpc) is 2.69. The van der Waals surface area contributed by atoms with Gasteiger partial charge in [0, 0.05) is 49.0 Å². The fraction of sp³-hybridized carbons (Fsp3) is 0.300. The van der Waals surface area contributed by atoms with Crippen LogP contribution in [0, 0.1) is 0 Å². The highest BCUT2D eigenvalue weighted by atomic mass is 79.9. The van der Waals surface area contributed by atoms with Crippen molar-refractivity contribution in [2.24, 2.45) is 0 Å². The number of halogens is 1. The molecule has 3 N–H and O–H groups in total. The van der Waals surface area contributed by atoms with Crippen molar-refractivity contribution in [1.29, 1.82) is 0 Å². The number of anilines is 1. The van der Waals surface area contributed by atoms with Crippen LogP contribution in [0.15, 0.2) is 59.1 Å². The molecule has 0 fully saturated rings. The molecule has 3 amide bonds. The Bertz CT molecular complexity index is 740. The molecule has 2 aromatic rings. The molecule has 0 aliphatic rings. The fourth-order valence-electron chi connectivity index (χ4n) is 2.48. The molecule has 2 aromatic carbocycles. The molecule has 0 radical (unpaired) electrons. The molecular weight excluding hydrogens is 408 g/mol. The topological polar surface area (TPSA) is 73.5 Å². The Morgan fingerprint density at radius 3 is 2.37 bits per heavy atom. The first kappa shape index (κ1) is 20.8. The highest BCUT2D eigenvalue weighted by Gasteiger charge is 2.05. The van der Waals surface area contributed by atoms with Gasteiger partial charge in [-0.05, 0) is 36.8 Å². The third-order valence-corrected chi connectivity index (χ3v) is 4.43. The highest BCUT2D eigenvalue weighted by molar-refractivity contribution is 9.10. The summed E-state index contributed by atoms with van der Waals surface area (Å²) in [6.07, 6.45) is 0.846. The van der Waals surface area contributed by atoms with Gasteiger partial charge in [0.05, 0.1) is 0 Å². The number of hydrogen-bond acceptors (Lipinski definition) is 3. The van der Waals surface area contributed by atoms with Gasteiger partial charge < -0.3 is 20.9 Å². The van der Waals surface area contributed by atoms with Gasteiger partial charge in [0.25, 0.3) is 5.91 Å². The third-order valence-electron chi connectivity index (χ3n) is 3.94. The molecule has 6 nitrogen and oxygen atoms in total. The number of nitrogens with zero attached hydrogens (tertiary/aromatic N) is 1. The van der Waals surface area contributed by atoms with Crippen molar-refractivity contribution in [2.45, 2.75) is 6.42 Å². The molecule has 27 heavy (non-hydrogen) atoms. The van der Waals surface area contributed by atoms with Crippen molar-refractivity contribution in [3.8, 4) is 0 Å². The van der Waals surface area contributed by atoms with Crippen LogP contribution in [0.5, 0.6) is 0 Å². The number of para-hydroxylation sites is 1. The minimum absolute atomic E-state index is 0.164. The first-order chi connectivity index (χ1) is 13.1. The quantitative estimate of drug-likeness (QED) is 0.533. The minimum Gasteiger partial charge on any atom is -0.375 e. The van der Waals surface area contributed by atoms with Crippen LogP contribution in [0.3, 0.4) is 0 Å². The lowest BCUT2D eigenvalue weighted by molar-refractivity contribution is 0.0953. The Balaban J connectivity index is 1.54. The Kier molecular flexibility index (Phi) is 8.64. The van der Waals surface area contributed by atoms with Crippen LogP contribution >= 0.6 is 15.9 Å². The molecule has 0 aliphatic carbocycles. The van der Waals surface area contributed by atoms with E-state index in [1.54, 1.807) is 18.2 Å². The lowest BCUT2D eigenvalue weighted by atomic mass is 10.2. The number of hydrogen-bond donors (Lipinski definition) is 3. The van der Waals surface area contributed by atoms with Crippen molar-refractivity contribution >= 4 is 33.6 Å². The molecular formula is C20H25BrN4O2. The van der Waals surface area contributed by atoms with E-state index in [4.69, 9.17) is 0 Å². The molecule has 0 unspecified atom stereocenters. The van der Waals surface area contributed by atoms with Crippen LogP contribution in [0.2, 0.25) is 0 Å². The molecule has 0 saturated carbocycles. The van der Waals surface area contributed by atoms with E-state index in [0.29, 0.717) is 25.2 Å². The zero-order chi connectivity index (χ0) is 19.5. The fourth-order valence-corrected chi connectivity index (χ4v) is 2.88. The van der Waals surface area contributed by atoms with Crippen LogP contribution < -0.4 is 20.9 Å². The first-order valence-electron chi connectivity index (χ1n) is 8.88. The number of nitrogens with one attached hydrogen (secondary N) is 3. The molecule has 0 heterocycles. The minimum atomic E-state index is -0.228. The van der Waals surface area contributed by atoms with Crippen LogP contribution in [0.25, 0.3) is 0 Å². The van der Waals surface area contributed by atoms with E-state index >= 15 is 0 Å². The number of benzene rings is 2. The van der Waals surface area contributed by atoms with Crippen LogP contribution in [-0.2, 0) is 0 Å². The second-order valence-corrected chi connectivity index (χ2v) is 6.98. The summed E-state index contributed by atoms with van der Waals surface area (Å²) in [7, 11) is 2.03. The van der Waals surface area contributed by atoms with E-state index in [2.05, 4.69) is 48.9 Å². The van der Waals surface area contributed by atoms with Crippen LogP contribution in [0.1, 0.15) is 16.8 Å². The zero-order valence-electron chi connectivity index (χ0n) is 15.4. The summed E-state index contributed by atoms with van der Waals surface area (Å²) in [5.41, 5.74) is 1.74. The smallest absolute Gasteiger partial charge is 0.314 e. The summed E-state index contributed by atoms with van der Waals surface area (Å²) < 4.78 is 0.852. The summed E-state index contributed by atoms with van der Waals surface area (Å²) in [5, 5.41) is 8.33. The van der Waals surface area contributed by atoms with Gasteiger partial charge >= 0.3 is 6.03 Å². The summed E-state index contributed by atoms with van der Waals surface area (Å²) in [5.74, 6) is -0.164. The van der Waals surface area contributed by atoms with Gasteiger partial charge in [-0.2, -0.15) is 0 Å². The van der Waals surface area contributed by atoms with E-state index in [1.807, 2.05) is 31.3 Å². The second kappa shape index (κ2) is 11.2. The summed E-state index contributed by atoms with van der Waals surface area (Å²) in [6, 6.07) is 17.1. The predicted molar refractivity (Wildman–Crippen MR) is 112 cm³/mol. The largest absolute Gasteiger partial charge is 0.375 e. The SMILES string of the molecule is CN(CCCNC(=O)NCCNC(=O)c1cccc(Br)c1)c1ccccc1. The van der Waals surface area contributed by atoms with E-state index in [1.165, 1.54) is 0 Å². The van der Waals surface area contributed by atoms with Crippen LogP contribution in [-0.4, -0.2) is 45.2 Å². The van der Waals surface area contributed by atoms with E-state index in [0.717, 1.165) is 23.1 Å². The second-order valence-electron chi connectivity index (χ2n) is 6.06. The van der Waals surface area contributed by atoms with Gasteiger partial charge in [0.1, 0.15) is 0 Å². The van der Waals surface area contributed by atoms with Crippen LogP contribution in [0.4, 0.5) is 10.5 Å². The first-order valence-corrected chi connectivity index (χ1v) is 9.67. The molecule has 0 aromatic heterocycles. The number of carbonyl (C=O) groups is 2. The molecule has 144 valence electrons. The number of urea groups is 1. The Morgan fingerprint density at radius 2 is 1.63 bits per heavy atom. The normalized spacial score (nSPS) is 10.1. The lowest BCUT2D eigenvalue weighted by Crippen LogP contribution is -2.41. The van der Waals surface area contributed by atoms with Crippen molar-refractivity contribution < 1.29 is 9.59 Å². The summed E-state index contributed by atoms with van der Waals surface area (Å²) in [6.45, 7) is 2.19. The Hall–Kier alpha value is -2.54. The Labute approximate surface area is 168 Å². The molecule has 7 heteroatoms. The number of carbonyl (C=O) groups excluding carboxylic acids is 2. The van der Waals surface area contributed by atoms with Crippen molar-refractivity contribution in [1.82, 2.24) is 16.0 Å². The molecule has 0 spiro atoms. The maximum absolute atomic E-state index is 12.0. The molecule has 0 saturated heterocycles. The monoisotopic (exact) mass is 432 g/mol. The standard InChI is InChI=1S/C20H25BrN4O2/c1-25(18-9-3-2-4-10-18)14-6-11-23-20(27)24-13-12-22-19(26)16-7-5-8-17(21)15-16/h2-5,7-10,15H,6,11-14H2,1H3,(H,22,26)(H2,23,24,27). The van der Waals surface area contributed by atoms with Gasteiger partial charge in [0.2, 0.25) is 0 Å². The van der Waals surface area contributed by atoms with E-state index < -0.39 is 0 Å². The van der Waals surface area contributed by atoms with Crippen molar-refractivity contribution in [3.63, 3.8) is 0 Å². The summed E-state index contributed by atoms with van der Waals surface area (Å²) in [4.78, 5) is 25.9. The highest BCUT2D eigenvalue weighted by Crippen LogP contribution is 2.11. The average molecular weight is 433 g/mol. The maximum atomic E-state index is 12.0. The van der Waals surface area contributed by atoms with E-state index in [9.17, 15) is 9.59 Å². The van der Waals surface area contributed by atoms with Crippen molar-refractivity contribution in [2.75, 3.05) is 38.1 Å². The lowest BCUT2D eigenvalue weighted by Gasteiger charge is -2.19. The zero-order valence-corrected chi connectivity index (χ0v) is 17.0. The Morgan fingerprint density at radius 1 is 0.926 bits per heavy atom. The molecule has 0 aliphatic heterocycles. The van der Waals surface area contributed by atoms with Gasteiger partial charge in [-0.1, -0.05) is 40.2 Å². The molecule has 0 atom stereocenters. The van der Waals surface area contributed by atoms with Gasteiger partial charge in [-0.3, -0.25) is 4.79 Å². The molecule has 0 bridgehead atoms. The number of rotatable bonds is 9. The van der Waals surface area contributed by atoms with Gasteiger partial charge in [-0.15, -0.1) is 0 Å². The summed E-state index contributed by atoms with van der Waals surface area (Å²) >= 11 is 3.34.